The summed E-state index contributed by atoms with van der Waals surface area (Å²) in [6.07, 6.45) is 0.286. The summed E-state index contributed by atoms with van der Waals surface area (Å²) in [6, 6.07) is 1.00. The molecule has 0 heterocycles. The van der Waals surface area contributed by atoms with Crippen LogP contribution in [0.2, 0.25) is 0 Å². The van der Waals surface area contributed by atoms with Gasteiger partial charge in [-0.3, -0.25) is 0 Å². The minimum Gasteiger partial charge on any atom is -0.505 e. The van der Waals surface area contributed by atoms with Gasteiger partial charge in [0.15, 0.2) is 11.6 Å². The number of halogens is 3. The molecule has 6 heteroatoms. The van der Waals surface area contributed by atoms with E-state index in [2.05, 4.69) is 0 Å². The Morgan fingerprint density at radius 1 is 1.27 bits per heavy atom. The van der Waals surface area contributed by atoms with E-state index in [0.29, 0.717) is 0 Å². The Labute approximate surface area is 92.5 Å². The van der Waals surface area contributed by atoms with Crippen molar-refractivity contribution in [3.8, 4) is 5.75 Å². The molecule has 3 nitrogen and oxygen atoms in total. The van der Waals surface area contributed by atoms with Crippen LogP contribution in [0.4, 0.5) is 8.78 Å². The van der Waals surface area contributed by atoms with Gasteiger partial charge in [0, 0.05) is 11.6 Å². The van der Waals surface area contributed by atoms with Gasteiger partial charge in [-0.05, 0) is 25.1 Å². The SMILES string of the molecule is Cl.NCC[C@@H](N)c1c(F)ccc(F)c1O. The van der Waals surface area contributed by atoms with Crippen molar-refractivity contribution >= 4 is 12.4 Å². The maximum Gasteiger partial charge on any atom is 0.165 e. The van der Waals surface area contributed by atoms with Gasteiger partial charge >= 0.3 is 0 Å². The molecular formula is C9H13ClF2N2O. The van der Waals surface area contributed by atoms with Crippen LogP contribution in [0.15, 0.2) is 12.1 Å². The highest BCUT2D eigenvalue weighted by Gasteiger charge is 2.18. The monoisotopic (exact) mass is 238 g/mol. The molecule has 1 aromatic carbocycles. The molecule has 1 aromatic rings. The van der Waals surface area contributed by atoms with E-state index < -0.39 is 23.4 Å². The summed E-state index contributed by atoms with van der Waals surface area (Å²) >= 11 is 0. The van der Waals surface area contributed by atoms with Gasteiger partial charge in [-0.25, -0.2) is 8.78 Å². The van der Waals surface area contributed by atoms with Crippen molar-refractivity contribution in [1.82, 2.24) is 0 Å². The molecule has 0 fully saturated rings. The van der Waals surface area contributed by atoms with Gasteiger partial charge in [-0.1, -0.05) is 0 Å². The summed E-state index contributed by atoms with van der Waals surface area (Å²) in [5, 5.41) is 9.24. The minimum atomic E-state index is -0.881. The summed E-state index contributed by atoms with van der Waals surface area (Å²) in [5.74, 6) is -2.33. The predicted octanol–water partition coefficient (Wildman–Crippen LogP) is 1.44. The quantitative estimate of drug-likeness (QED) is 0.746. The van der Waals surface area contributed by atoms with Gasteiger partial charge in [0.25, 0.3) is 0 Å². The number of benzene rings is 1. The standard InChI is InChI=1S/C9H12F2N2O.ClH/c10-5-1-2-6(11)9(14)8(5)7(13)3-4-12;/h1-2,7,14H,3-4,12-13H2;1H/t7-;/m1./s1. The average molecular weight is 239 g/mol. The summed E-state index contributed by atoms with van der Waals surface area (Å²) < 4.78 is 26.0. The lowest BCUT2D eigenvalue weighted by Crippen LogP contribution is -2.17. The molecule has 1 rings (SSSR count). The predicted molar refractivity (Wildman–Crippen MR) is 55.9 cm³/mol. The number of phenols is 1. The van der Waals surface area contributed by atoms with Gasteiger partial charge in [0.05, 0.1) is 0 Å². The van der Waals surface area contributed by atoms with E-state index in [1.165, 1.54) is 0 Å². The third-order valence-corrected chi connectivity index (χ3v) is 1.96. The fraction of sp³-hybridized carbons (Fsp3) is 0.333. The Kier molecular flexibility index (Phi) is 5.49. The van der Waals surface area contributed by atoms with Crippen molar-refractivity contribution < 1.29 is 13.9 Å². The largest absolute Gasteiger partial charge is 0.505 e. The van der Waals surface area contributed by atoms with Crippen LogP contribution in [0.3, 0.4) is 0 Å². The Bertz CT molecular complexity index is 336. The van der Waals surface area contributed by atoms with Crippen molar-refractivity contribution in [2.45, 2.75) is 12.5 Å². The zero-order valence-electron chi connectivity index (χ0n) is 7.91. The number of nitrogens with two attached hydrogens (primary N) is 2. The first kappa shape index (κ1) is 14.1. The number of aromatic hydroxyl groups is 1. The van der Waals surface area contributed by atoms with Crippen molar-refractivity contribution in [2.24, 2.45) is 11.5 Å². The van der Waals surface area contributed by atoms with Crippen molar-refractivity contribution in [2.75, 3.05) is 6.54 Å². The third kappa shape index (κ3) is 3.02. The highest BCUT2D eigenvalue weighted by Crippen LogP contribution is 2.29. The molecule has 0 bridgehead atoms. The minimum absolute atomic E-state index is 0. The smallest absolute Gasteiger partial charge is 0.165 e. The van der Waals surface area contributed by atoms with Gasteiger partial charge in [-0.2, -0.15) is 0 Å². The van der Waals surface area contributed by atoms with Gasteiger partial charge in [-0.15, -0.1) is 12.4 Å². The van der Waals surface area contributed by atoms with Crippen LogP contribution in [0.5, 0.6) is 5.75 Å². The van der Waals surface area contributed by atoms with Gasteiger partial charge < -0.3 is 16.6 Å². The van der Waals surface area contributed by atoms with Gasteiger partial charge in [0.2, 0.25) is 0 Å². The molecule has 0 radical (unpaired) electrons. The van der Waals surface area contributed by atoms with Crippen molar-refractivity contribution in [1.29, 1.82) is 0 Å². The van der Waals surface area contributed by atoms with Crippen LogP contribution >= 0.6 is 12.4 Å². The molecule has 15 heavy (non-hydrogen) atoms. The van der Waals surface area contributed by atoms with Crippen molar-refractivity contribution in [3.05, 3.63) is 29.3 Å². The van der Waals surface area contributed by atoms with Crippen LogP contribution in [0.1, 0.15) is 18.0 Å². The van der Waals surface area contributed by atoms with E-state index in [1.54, 1.807) is 0 Å². The Morgan fingerprint density at radius 3 is 2.33 bits per heavy atom. The fourth-order valence-corrected chi connectivity index (χ4v) is 1.23. The average Bonchev–Trinajstić information content (AvgIpc) is 2.13. The summed E-state index contributed by atoms with van der Waals surface area (Å²) in [5.41, 5.74) is 10.5. The van der Waals surface area contributed by atoms with Crippen LogP contribution < -0.4 is 11.5 Å². The molecule has 86 valence electrons. The Hall–Kier alpha value is -0.910. The second-order valence-electron chi connectivity index (χ2n) is 2.98. The van der Waals surface area contributed by atoms with Crippen LogP contribution in [0.25, 0.3) is 0 Å². The number of hydrogen-bond donors (Lipinski definition) is 3. The van der Waals surface area contributed by atoms with Gasteiger partial charge in [0.1, 0.15) is 5.82 Å². The van der Waals surface area contributed by atoms with E-state index >= 15 is 0 Å². The highest BCUT2D eigenvalue weighted by atomic mass is 35.5. The van der Waals surface area contributed by atoms with Crippen LogP contribution in [-0.4, -0.2) is 11.7 Å². The maximum absolute atomic E-state index is 13.2. The molecule has 1 atom stereocenters. The molecule has 0 unspecified atom stereocenters. The molecule has 0 aliphatic heterocycles. The second kappa shape index (κ2) is 5.85. The maximum atomic E-state index is 13.2. The van der Waals surface area contributed by atoms with E-state index in [-0.39, 0.29) is 30.9 Å². The first-order valence-corrected chi connectivity index (χ1v) is 4.20. The molecule has 0 saturated carbocycles. The Balaban J connectivity index is 0.00000196. The lowest BCUT2D eigenvalue weighted by atomic mass is 10.0. The molecule has 0 aliphatic carbocycles. The zero-order valence-corrected chi connectivity index (χ0v) is 8.73. The van der Waals surface area contributed by atoms with E-state index in [4.69, 9.17) is 11.5 Å². The van der Waals surface area contributed by atoms with E-state index in [9.17, 15) is 13.9 Å². The van der Waals surface area contributed by atoms with E-state index in [1.807, 2.05) is 0 Å². The topological polar surface area (TPSA) is 72.3 Å². The van der Waals surface area contributed by atoms with Crippen LogP contribution in [-0.2, 0) is 0 Å². The molecule has 0 aliphatic rings. The second-order valence-corrected chi connectivity index (χ2v) is 2.98. The van der Waals surface area contributed by atoms with Crippen LogP contribution in [0, 0.1) is 11.6 Å². The molecule has 0 aromatic heterocycles. The number of phenolic OH excluding ortho intramolecular Hbond substituents is 1. The van der Waals surface area contributed by atoms with Crippen molar-refractivity contribution in [3.63, 3.8) is 0 Å². The first-order valence-electron chi connectivity index (χ1n) is 4.20. The normalized spacial score (nSPS) is 12.0. The summed E-state index contributed by atoms with van der Waals surface area (Å²) in [4.78, 5) is 0. The Morgan fingerprint density at radius 2 is 1.80 bits per heavy atom. The lowest BCUT2D eigenvalue weighted by molar-refractivity contribution is 0.408. The molecule has 0 saturated heterocycles. The zero-order chi connectivity index (χ0) is 10.7. The highest BCUT2D eigenvalue weighted by molar-refractivity contribution is 5.85. The number of rotatable bonds is 3. The molecule has 0 spiro atoms. The first-order chi connectivity index (χ1) is 6.57. The van der Waals surface area contributed by atoms with E-state index in [0.717, 1.165) is 12.1 Å². The summed E-state index contributed by atoms with van der Waals surface area (Å²) in [6.45, 7) is 0.247. The fourth-order valence-electron chi connectivity index (χ4n) is 1.23. The third-order valence-electron chi connectivity index (χ3n) is 1.96. The molecular weight excluding hydrogens is 226 g/mol. The summed E-state index contributed by atoms with van der Waals surface area (Å²) in [7, 11) is 0. The number of hydrogen-bond acceptors (Lipinski definition) is 3. The molecule has 0 amide bonds. The molecule has 5 N–H and O–H groups in total. The lowest BCUT2D eigenvalue weighted by Gasteiger charge is -2.13.